The Bertz CT molecular complexity index is 815. The van der Waals surface area contributed by atoms with Crippen molar-refractivity contribution in [1.82, 2.24) is 20.0 Å². The lowest BCUT2D eigenvalue weighted by Crippen LogP contribution is -2.38. The predicted molar refractivity (Wildman–Crippen MR) is 104 cm³/mol. The molecule has 1 aromatic carbocycles. The third-order valence-corrected chi connectivity index (χ3v) is 5.80. The first-order valence-electron chi connectivity index (χ1n) is 10.3. The highest BCUT2D eigenvalue weighted by Crippen LogP contribution is 2.39. The molecule has 2 N–H and O–H groups in total. The van der Waals surface area contributed by atoms with Crippen molar-refractivity contribution >= 4 is 0 Å². The number of hydrogen-bond donors (Lipinski definition) is 2. The number of halogens is 3. The Kier molecular flexibility index (Phi) is 5.94. The van der Waals surface area contributed by atoms with Crippen molar-refractivity contribution in [3.05, 3.63) is 52.8 Å². The van der Waals surface area contributed by atoms with E-state index in [-0.39, 0.29) is 12.1 Å². The van der Waals surface area contributed by atoms with Crippen molar-refractivity contribution in [2.24, 2.45) is 0 Å². The van der Waals surface area contributed by atoms with E-state index in [9.17, 15) is 18.3 Å². The molecule has 2 unspecified atom stereocenters. The molecular weight excluding hydrogens is 381 g/mol. The molecule has 0 amide bonds. The van der Waals surface area contributed by atoms with Gasteiger partial charge in [0.15, 0.2) is 5.69 Å². The van der Waals surface area contributed by atoms with Crippen molar-refractivity contribution in [3.8, 4) is 0 Å². The summed E-state index contributed by atoms with van der Waals surface area (Å²) in [5.41, 5.74) is 0.703. The first-order valence-corrected chi connectivity index (χ1v) is 10.3. The van der Waals surface area contributed by atoms with E-state index in [1.54, 1.807) is 0 Å². The molecule has 0 saturated carbocycles. The van der Waals surface area contributed by atoms with E-state index in [2.05, 4.69) is 15.3 Å². The van der Waals surface area contributed by atoms with Gasteiger partial charge in [0.25, 0.3) is 0 Å². The number of likely N-dealkylation sites (tertiary alicyclic amines) is 1. The second kappa shape index (κ2) is 8.45. The third-order valence-electron chi connectivity index (χ3n) is 5.80. The fraction of sp³-hybridized carbons (Fsp3) is 0.571. The van der Waals surface area contributed by atoms with Crippen LogP contribution in [0.4, 0.5) is 13.2 Å². The Morgan fingerprint density at radius 1 is 1.10 bits per heavy atom. The molecule has 2 aliphatic heterocycles. The summed E-state index contributed by atoms with van der Waals surface area (Å²) in [6.45, 7) is 2.98. The van der Waals surface area contributed by atoms with E-state index < -0.39 is 24.0 Å². The number of alkyl halides is 3. The van der Waals surface area contributed by atoms with Gasteiger partial charge in [-0.2, -0.15) is 18.3 Å². The molecule has 1 saturated heterocycles. The van der Waals surface area contributed by atoms with Crippen LogP contribution in [-0.2, 0) is 19.1 Å². The molecule has 0 aliphatic carbocycles. The monoisotopic (exact) mass is 408 g/mol. The molecule has 2 aromatic rings. The van der Waals surface area contributed by atoms with Gasteiger partial charge >= 0.3 is 6.18 Å². The molecule has 1 fully saturated rings. The Morgan fingerprint density at radius 2 is 1.83 bits per heavy atom. The smallest absolute Gasteiger partial charge is 0.390 e. The van der Waals surface area contributed by atoms with Gasteiger partial charge in [0.2, 0.25) is 0 Å². The number of nitrogens with one attached hydrogen (secondary N) is 1. The second-order valence-electron chi connectivity index (χ2n) is 7.95. The van der Waals surface area contributed by atoms with Crippen molar-refractivity contribution < 1.29 is 18.3 Å². The summed E-state index contributed by atoms with van der Waals surface area (Å²) in [5, 5.41) is 17.7. The lowest BCUT2D eigenvalue weighted by atomic mass is 9.92. The molecular formula is C21H27F3N4O. The van der Waals surface area contributed by atoms with E-state index in [1.165, 1.54) is 11.1 Å². The lowest BCUT2D eigenvalue weighted by molar-refractivity contribution is -0.142. The Hall–Kier alpha value is -1.90. The van der Waals surface area contributed by atoms with Gasteiger partial charge < -0.3 is 15.3 Å². The van der Waals surface area contributed by atoms with Gasteiger partial charge in [0.05, 0.1) is 18.7 Å². The molecule has 158 valence electrons. The number of β-amino-alcohol motifs (C(OH)–C–C–N with tert-alkyl or cyclic N) is 1. The number of hydrogen-bond acceptors (Lipinski definition) is 4. The zero-order valence-corrected chi connectivity index (χ0v) is 16.3. The van der Waals surface area contributed by atoms with Crippen LogP contribution in [0.2, 0.25) is 0 Å². The van der Waals surface area contributed by atoms with Gasteiger partial charge in [-0.15, -0.1) is 0 Å². The minimum absolute atomic E-state index is 0.0798. The van der Waals surface area contributed by atoms with Gasteiger partial charge in [0.1, 0.15) is 0 Å². The normalized spacial score (nSPS) is 21.7. The van der Waals surface area contributed by atoms with Crippen LogP contribution in [0.15, 0.2) is 30.3 Å². The maximum Gasteiger partial charge on any atom is 0.435 e. The average Bonchev–Trinajstić information content (AvgIpc) is 3.08. The molecule has 2 atom stereocenters. The highest BCUT2D eigenvalue weighted by molar-refractivity contribution is 5.41. The fourth-order valence-corrected chi connectivity index (χ4v) is 4.50. The molecule has 0 spiro atoms. The first kappa shape index (κ1) is 20.4. The molecule has 3 heterocycles. The van der Waals surface area contributed by atoms with E-state index in [1.807, 2.05) is 30.3 Å². The van der Waals surface area contributed by atoms with Crippen LogP contribution in [0.25, 0.3) is 0 Å². The predicted octanol–water partition coefficient (Wildman–Crippen LogP) is 2.98. The molecule has 5 nitrogen and oxygen atoms in total. The number of aliphatic hydroxyl groups is 1. The maximum absolute atomic E-state index is 13.8. The van der Waals surface area contributed by atoms with Crippen LogP contribution >= 0.6 is 0 Å². The molecule has 29 heavy (non-hydrogen) atoms. The fourth-order valence-electron chi connectivity index (χ4n) is 4.50. The average molecular weight is 408 g/mol. The molecule has 4 rings (SSSR count). The molecule has 8 heteroatoms. The van der Waals surface area contributed by atoms with Gasteiger partial charge in [0, 0.05) is 30.8 Å². The van der Waals surface area contributed by atoms with E-state index in [0.717, 1.165) is 31.5 Å². The number of nitrogens with zero attached hydrogens (tertiary/aromatic N) is 3. The summed E-state index contributed by atoms with van der Waals surface area (Å²) in [6.07, 6.45) is -1.43. The van der Waals surface area contributed by atoms with Gasteiger partial charge in [-0.3, -0.25) is 4.68 Å². The second-order valence-corrected chi connectivity index (χ2v) is 7.95. The highest BCUT2D eigenvalue weighted by Gasteiger charge is 2.42. The number of aliphatic hydroxyl groups excluding tert-OH is 1. The largest absolute Gasteiger partial charge is 0.435 e. The summed E-state index contributed by atoms with van der Waals surface area (Å²) in [5.74, 6) is 0. The summed E-state index contributed by atoms with van der Waals surface area (Å²) in [7, 11) is 0. The Morgan fingerprint density at radius 3 is 2.52 bits per heavy atom. The number of aromatic nitrogens is 2. The molecule has 1 aromatic heterocycles. The quantitative estimate of drug-likeness (QED) is 0.799. The van der Waals surface area contributed by atoms with Gasteiger partial charge in [-0.05, 0) is 31.5 Å². The Labute approximate surface area is 168 Å². The molecule has 0 radical (unpaired) electrons. The van der Waals surface area contributed by atoms with Gasteiger partial charge in [-0.1, -0.05) is 36.8 Å². The van der Waals surface area contributed by atoms with E-state index in [0.29, 0.717) is 25.2 Å². The van der Waals surface area contributed by atoms with Crippen molar-refractivity contribution in [2.45, 2.75) is 50.6 Å². The summed E-state index contributed by atoms with van der Waals surface area (Å²) < 4.78 is 42.8. The van der Waals surface area contributed by atoms with Crippen molar-refractivity contribution in [3.63, 3.8) is 0 Å². The molecule has 2 aliphatic rings. The van der Waals surface area contributed by atoms with Crippen molar-refractivity contribution in [2.75, 3.05) is 26.2 Å². The number of rotatable bonds is 5. The zero-order chi connectivity index (χ0) is 20.4. The SMILES string of the molecule is OC(CN1CCCCC1)Cn1nc(C(F)(F)F)c2c1CCNC2c1ccccc1. The minimum atomic E-state index is -4.54. The van der Waals surface area contributed by atoms with Crippen LogP contribution in [0.5, 0.6) is 0 Å². The van der Waals surface area contributed by atoms with Crippen LogP contribution < -0.4 is 5.32 Å². The standard InChI is InChI=1S/C21H27F3N4O/c22-21(23,24)20-18-17(9-10-25-19(18)15-7-3-1-4-8-15)28(26-20)14-16(29)13-27-11-5-2-6-12-27/h1,3-4,7-8,16,19,25,29H,2,5-6,9-14H2. The van der Waals surface area contributed by atoms with Crippen LogP contribution in [0.3, 0.4) is 0 Å². The summed E-state index contributed by atoms with van der Waals surface area (Å²) in [6, 6.07) is 8.60. The molecule has 0 bridgehead atoms. The summed E-state index contributed by atoms with van der Waals surface area (Å²) >= 11 is 0. The number of benzene rings is 1. The summed E-state index contributed by atoms with van der Waals surface area (Å²) in [4.78, 5) is 2.18. The van der Waals surface area contributed by atoms with Crippen LogP contribution in [0, 0.1) is 0 Å². The van der Waals surface area contributed by atoms with Crippen LogP contribution in [0.1, 0.15) is 47.8 Å². The zero-order valence-electron chi connectivity index (χ0n) is 16.3. The van der Waals surface area contributed by atoms with E-state index in [4.69, 9.17) is 0 Å². The first-order chi connectivity index (χ1) is 13.9. The van der Waals surface area contributed by atoms with Crippen molar-refractivity contribution in [1.29, 1.82) is 0 Å². The maximum atomic E-state index is 13.8. The highest BCUT2D eigenvalue weighted by atomic mass is 19.4. The minimum Gasteiger partial charge on any atom is -0.390 e. The lowest BCUT2D eigenvalue weighted by Gasteiger charge is -2.29. The Balaban J connectivity index is 1.63. The van der Waals surface area contributed by atoms with Crippen LogP contribution in [-0.4, -0.2) is 52.1 Å². The topological polar surface area (TPSA) is 53.3 Å². The number of piperidine rings is 1. The van der Waals surface area contributed by atoms with E-state index >= 15 is 0 Å². The van der Waals surface area contributed by atoms with Gasteiger partial charge in [-0.25, -0.2) is 0 Å². The third kappa shape index (κ3) is 4.49. The number of fused-ring (bicyclic) bond motifs is 1.